The quantitative estimate of drug-likeness (QED) is 0.835. The zero-order valence-electron chi connectivity index (χ0n) is 9.61. The second-order valence-corrected chi connectivity index (χ2v) is 4.41. The Morgan fingerprint density at radius 1 is 1.50 bits per heavy atom. The van der Waals surface area contributed by atoms with Crippen molar-refractivity contribution in [2.24, 2.45) is 5.73 Å². The number of alkyl halides is 3. The van der Waals surface area contributed by atoms with Crippen LogP contribution in [0.25, 0.3) is 0 Å². The van der Waals surface area contributed by atoms with E-state index < -0.39 is 18.3 Å². The van der Waals surface area contributed by atoms with Crippen LogP contribution in [-0.4, -0.2) is 35.0 Å². The van der Waals surface area contributed by atoms with E-state index in [4.69, 9.17) is 5.73 Å². The number of nitrogens with two attached hydrogens (primary N) is 1. The van der Waals surface area contributed by atoms with Crippen molar-refractivity contribution >= 4 is 5.69 Å². The summed E-state index contributed by atoms with van der Waals surface area (Å²) >= 11 is 0. The molecule has 2 heterocycles. The van der Waals surface area contributed by atoms with Gasteiger partial charge in [0.25, 0.3) is 0 Å². The van der Waals surface area contributed by atoms with Crippen LogP contribution >= 0.6 is 0 Å². The summed E-state index contributed by atoms with van der Waals surface area (Å²) in [7, 11) is 0. The van der Waals surface area contributed by atoms with Crippen LogP contribution in [0.5, 0.6) is 0 Å². The first-order chi connectivity index (χ1) is 8.36. The molecule has 0 saturated carbocycles. The lowest BCUT2D eigenvalue weighted by Gasteiger charge is -2.26. The van der Waals surface area contributed by atoms with Gasteiger partial charge in [0, 0.05) is 31.4 Å². The van der Waals surface area contributed by atoms with E-state index in [1.54, 1.807) is 12.1 Å². The molecule has 1 aliphatic heterocycles. The smallest absolute Gasteiger partial charge is 0.379 e. The summed E-state index contributed by atoms with van der Waals surface area (Å²) in [5, 5.41) is 9.58. The Bertz CT molecular complexity index is 438. The first-order valence-electron chi connectivity index (χ1n) is 5.55. The van der Waals surface area contributed by atoms with Crippen LogP contribution in [0.15, 0.2) is 18.3 Å². The summed E-state index contributed by atoms with van der Waals surface area (Å²) in [5.74, 6) is 0. The minimum Gasteiger partial charge on any atom is -0.379 e. The molecule has 100 valence electrons. The van der Waals surface area contributed by atoms with Crippen molar-refractivity contribution in [1.29, 1.82) is 0 Å². The number of β-amino-alcohol motifs (C(OH)–C–C–N with tert-alkyl or cyclic N) is 1. The second kappa shape index (κ2) is 4.40. The maximum Gasteiger partial charge on any atom is 0.418 e. The standard InChI is InChI=1S/C11H14F3N3O/c12-11(13,14)10(18)2-4-17(7-10)9-1-3-16-8(5-9)6-15/h1,3,5,18H,2,4,6-7,15H2. The third kappa shape index (κ3) is 2.28. The highest BCUT2D eigenvalue weighted by Gasteiger charge is 2.57. The number of aliphatic hydroxyl groups is 1. The molecule has 1 unspecified atom stereocenters. The highest BCUT2D eigenvalue weighted by atomic mass is 19.4. The highest BCUT2D eigenvalue weighted by molar-refractivity contribution is 5.48. The molecule has 0 spiro atoms. The number of hydrogen-bond donors (Lipinski definition) is 2. The van der Waals surface area contributed by atoms with E-state index in [-0.39, 0.29) is 19.5 Å². The van der Waals surface area contributed by atoms with Gasteiger partial charge in [0.1, 0.15) is 0 Å². The molecule has 2 rings (SSSR count). The Labute approximate surface area is 102 Å². The average molecular weight is 261 g/mol. The van der Waals surface area contributed by atoms with Crippen molar-refractivity contribution in [3.63, 3.8) is 0 Å². The van der Waals surface area contributed by atoms with Gasteiger partial charge in [0.15, 0.2) is 5.60 Å². The fourth-order valence-corrected chi connectivity index (χ4v) is 2.02. The van der Waals surface area contributed by atoms with Crippen molar-refractivity contribution in [3.05, 3.63) is 24.0 Å². The lowest BCUT2D eigenvalue weighted by molar-refractivity contribution is -0.250. The minimum absolute atomic E-state index is 0.157. The molecule has 0 radical (unpaired) electrons. The fraction of sp³-hybridized carbons (Fsp3) is 0.545. The summed E-state index contributed by atoms with van der Waals surface area (Å²) in [5.41, 5.74) is 4.01. The van der Waals surface area contributed by atoms with E-state index in [9.17, 15) is 18.3 Å². The van der Waals surface area contributed by atoms with Crippen molar-refractivity contribution in [1.82, 2.24) is 4.98 Å². The van der Waals surface area contributed by atoms with Crippen LogP contribution in [0.4, 0.5) is 18.9 Å². The molecule has 0 aliphatic carbocycles. The van der Waals surface area contributed by atoms with E-state index >= 15 is 0 Å². The molecule has 4 nitrogen and oxygen atoms in total. The number of halogens is 3. The van der Waals surface area contributed by atoms with Crippen molar-refractivity contribution in [2.75, 3.05) is 18.0 Å². The van der Waals surface area contributed by atoms with Gasteiger partial charge in [0.2, 0.25) is 0 Å². The van der Waals surface area contributed by atoms with E-state index in [0.29, 0.717) is 11.4 Å². The molecule has 3 N–H and O–H groups in total. The van der Waals surface area contributed by atoms with Gasteiger partial charge in [-0.25, -0.2) is 0 Å². The van der Waals surface area contributed by atoms with E-state index in [2.05, 4.69) is 4.98 Å². The maximum absolute atomic E-state index is 12.7. The first kappa shape index (κ1) is 13.1. The molecule has 0 aromatic carbocycles. The molecule has 1 fully saturated rings. The van der Waals surface area contributed by atoms with Gasteiger partial charge in [-0.3, -0.25) is 4.98 Å². The van der Waals surface area contributed by atoms with Gasteiger partial charge >= 0.3 is 6.18 Å². The molecule has 0 bridgehead atoms. The van der Waals surface area contributed by atoms with Crippen LogP contribution < -0.4 is 10.6 Å². The molecule has 1 saturated heterocycles. The van der Waals surface area contributed by atoms with Crippen LogP contribution in [0.1, 0.15) is 12.1 Å². The molecule has 1 aromatic rings. The van der Waals surface area contributed by atoms with Gasteiger partial charge in [0.05, 0.1) is 12.2 Å². The zero-order chi connectivity index (χ0) is 13.4. The van der Waals surface area contributed by atoms with Crippen LogP contribution in [0.3, 0.4) is 0 Å². The summed E-state index contributed by atoms with van der Waals surface area (Å²) in [6.07, 6.45) is -3.43. The molecule has 1 atom stereocenters. The normalized spacial score (nSPS) is 24.6. The summed E-state index contributed by atoms with van der Waals surface area (Å²) in [6, 6.07) is 3.25. The van der Waals surface area contributed by atoms with Crippen molar-refractivity contribution in [3.8, 4) is 0 Å². The molecular formula is C11H14F3N3O. The molecular weight excluding hydrogens is 247 g/mol. The number of rotatable bonds is 2. The van der Waals surface area contributed by atoms with E-state index in [0.717, 1.165) is 0 Å². The predicted octanol–water partition coefficient (Wildman–Crippen LogP) is 1.04. The number of nitrogens with zero attached hydrogens (tertiary/aromatic N) is 2. The topological polar surface area (TPSA) is 62.4 Å². The number of hydrogen-bond acceptors (Lipinski definition) is 4. The van der Waals surface area contributed by atoms with E-state index in [1.165, 1.54) is 11.1 Å². The predicted molar refractivity (Wildman–Crippen MR) is 60.0 cm³/mol. The monoisotopic (exact) mass is 261 g/mol. The van der Waals surface area contributed by atoms with Gasteiger partial charge in [-0.05, 0) is 12.1 Å². The van der Waals surface area contributed by atoms with Gasteiger partial charge in [-0.15, -0.1) is 0 Å². The van der Waals surface area contributed by atoms with Crippen molar-refractivity contribution in [2.45, 2.75) is 24.7 Å². The molecule has 0 amide bonds. The Hall–Kier alpha value is -1.34. The number of aromatic nitrogens is 1. The molecule has 18 heavy (non-hydrogen) atoms. The van der Waals surface area contributed by atoms with E-state index in [1.807, 2.05) is 0 Å². The highest BCUT2D eigenvalue weighted by Crippen LogP contribution is 2.39. The van der Waals surface area contributed by atoms with Crippen LogP contribution in [-0.2, 0) is 6.54 Å². The Balaban J connectivity index is 2.18. The number of pyridine rings is 1. The molecule has 7 heteroatoms. The lowest BCUT2D eigenvalue weighted by atomic mass is 10.0. The summed E-state index contributed by atoms with van der Waals surface area (Å²) in [4.78, 5) is 5.47. The van der Waals surface area contributed by atoms with Gasteiger partial charge in [-0.2, -0.15) is 13.2 Å². The fourth-order valence-electron chi connectivity index (χ4n) is 2.02. The van der Waals surface area contributed by atoms with Gasteiger partial charge < -0.3 is 15.7 Å². The van der Waals surface area contributed by atoms with Crippen molar-refractivity contribution < 1.29 is 18.3 Å². The van der Waals surface area contributed by atoms with Gasteiger partial charge in [-0.1, -0.05) is 0 Å². The summed E-state index contributed by atoms with van der Waals surface area (Å²) in [6.45, 7) is -0.0697. The average Bonchev–Trinajstić information content (AvgIpc) is 2.73. The molecule has 1 aromatic heterocycles. The van der Waals surface area contributed by atoms with Crippen LogP contribution in [0, 0.1) is 0 Å². The molecule has 1 aliphatic rings. The third-order valence-corrected chi connectivity index (χ3v) is 3.15. The maximum atomic E-state index is 12.7. The van der Waals surface area contributed by atoms with Crippen LogP contribution in [0.2, 0.25) is 0 Å². The largest absolute Gasteiger partial charge is 0.418 e. The summed E-state index contributed by atoms with van der Waals surface area (Å²) < 4.78 is 38.0. The Morgan fingerprint density at radius 2 is 2.22 bits per heavy atom. The first-order valence-corrected chi connectivity index (χ1v) is 5.55. The zero-order valence-corrected chi connectivity index (χ0v) is 9.61. The Kier molecular flexibility index (Phi) is 3.20. The second-order valence-electron chi connectivity index (χ2n) is 4.41. The Morgan fingerprint density at radius 3 is 2.78 bits per heavy atom. The number of anilines is 1. The lowest BCUT2D eigenvalue weighted by Crippen LogP contribution is -2.47. The third-order valence-electron chi connectivity index (χ3n) is 3.15. The SMILES string of the molecule is NCc1cc(N2CCC(O)(C(F)(F)F)C2)ccn1. The minimum atomic E-state index is -4.61.